The highest BCUT2D eigenvalue weighted by Crippen LogP contribution is 2.38. The van der Waals surface area contributed by atoms with Gasteiger partial charge in [-0.3, -0.25) is 9.10 Å². The standard InChI is InChI=1S/C40H44ClN3O7S/c1-5-31-36(20-19-35-37(31)27(4)38(51-35)40(46)49-7-3)52(47,48)44(6-2)34-24-29(42-21-11-8-12-22-42)18-17-28(34)25-43(26-30-14-13-23-50-30)39(45)32-15-9-10-16-33(32)41/h9-10,13-20,23-24H,5-8,11-12,21-22,25-26H2,1-4H3. The minimum Gasteiger partial charge on any atom is -0.467 e. The van der Waals surface area contributed by atoms with Crippen molar-refractivity contribution < 1.29 is 31.6 Å². The summed E-state index contributed by atoms with van der Waals surface area (Å²) in [4.78, 5) is 30.9. The number of piperidine rings is 1. The molecule has 6 rings (SSSR count). The van der Waals surface area contributed by atoms with Gasteiger partial charge in [0.1, 0.15) is 11.3 Å². The minimum atomic E-state index is -4.20. The van der Waals surface area contributed by atoms with Gasteiger partial charge in [0, 0.05) is 42.8 Å². The van der Waals surface area contributed by atoms with E-state index in [2.05, 4.69) is 4.90 Å². The first-order valence-corrected chi connectivity index (χ1v) is 19.6. The summed E-state index contributed by atoms with van der Waals surface area (Å²) in [6.45, 7) is 9.41. The summed E-state index contributed by atoms with van der Waals surface area (Å²) >= 11 is 6.51. The zero-order valence-electron chi connectivity index (χ0n) is 30.0. The predicted octanol–water partition coefficient (Wildman–Crippen LogP) is 8.77. The van der Waals surface area contributed by atoms with Crippen molar-refractivity contribution in [3.05, 3.63) is 112 Å². The number of anilines is 2. The molecule has 0 atom stereocenters. The summed E-state index contributed by atoms with van der Waals surface area (Å²) in [7, 11) is -4.20. The van der Waals surface area contributed by atoms with Gasteiger partial charge in [-0.1, -0.05) is 36.7 Å². The van der Waals surface area contributed by atoms with Gasteiger partial charge in [0.05, 0.1) is 40.6 Å². The van der Waals surface area contributed by atoms with Crippen molar-refractivity contribution in [1.29, 1.82) is 0 Å². The number of amides is 1. The highest BCUT2D eigenvalue weighted by atomic mass is 35.5. The van der Waals surface area contributed by atoms with Crippen molar-refractivity contribution in [1.82, 2.24) is 4.90 Å². The Balaban J connectivity index is 1.48. The van der Waals surface area contributed by atoms with Gasteiger partial charge in [-0.05, 0) is 106 Å². The van der Waals surface area contributed by atoms with E-state index >= 15 is 8.42 Å². The van der Waals surface area contributed by atoms with Crippen molar-refractivity contribution in [2.45, 2.75) is 71.4 Å². The highest BCUT2D eigenvalue weighted by Gasteiger charge is 2.32. The van der Waals surface area contributed by atoms with E-state index in [0.29, 0.717) is 56.1 Å². The van der Waals surface area contributed by atoms with Crippen LogP contribution in [0.1, 0.15) is 83.4 Å². The van der Waals surface area contributed by atoms with E-state index < -0.39 is 16.0 Å². The second-order valence-electron chi connectivity index (χ2n) is 12.8. The maximum absolute atomic E-state index is 15.0. The lowest BCUT2D eigenvalue weighted by molar-refractivity contribution is 0.0491. The van der Waals surface area contributed by atoms with Crippen LogP contribution in [0.5, 0.6) is 0 Å². The van der Waals surface area contributed by atoms with Gasteiger partial charge in [-0.25, -0.2) is 13.2 Å². The van der Waals surface area contributed by atoms with E-state index in [1.54, 1.807) is 80.5 Å². The summed E-state index contributed by atoms with van der Waals surface area (Å²) in [6.07, 6.45) is 5.17. The minimum absolute atomic E-state index is 0.0600. The number of carbonyl (C=O) groups is 2. The maximum Gasteiger partial charge on any atom is 0.374 e. The van der Waals surface area contributed by atoms with Crippen molar-refractivity contribution in [3.8, 4) is 0 Å². The number of carbonyl (C=O) groups excluding carboxylic acids is 2. The molecule has 0 bridgehead atoms. The number of hydrogen-bond acceptors (Lipinski definition) is 8. The Labute approximate surface area is 309 Å². The number of esters is 1. The molecule has 3 heterocycles. The van der Waals surface area contributed by atoms with Crippen LogP contribution in [0, 0.1) is 6.92 Å². The summed E-state index contributed by atoms with van der Waals surface area (Å²) in [5.74, 6) is -0.275. The van der Waals surface area contributed by atoms with Crippen LogP contribution in [0.3, 0.4) is 0 Å². The van der Waals surface area contributed by atoms with Crippen LogP contribution >= 0.6 is 11.6 Å². The van der Waals surface area contributed by atoms with Crippen LogP contribution in [-0.4, -0.2) is 51.4 Å². The van der Waals surface area contributed by atoms with Crippen molar-refractivity contribution in [2.75, 3.05) is 35.4 Å². The van der Waals surface area contributed by atoms with Gasteiger partial charge in [0.2, 0.25) is 5.76 Å². The maximum atomic E-state index is 15.0. The lowest BCUT2D eigenvalue weighted by Crippen LogP contribution is -2.35. The lowest BCUT2D eigenvalue weighted by Gasteiger charge is -2.33. The monoisotopic (exact) mass is 745 g/mol. The first-order chi connectivity index (χ1) is 25.1. The van der Waals surface area contributed by atoms with Crippen molar-refractivity contribution in [2.24, 2.45) is 0 Å². The zero-order chi connectivity index (χ0) is 37.0. The number of ether oxygens (including phenoxy) is 1. The van der Waals surface area contributed by atoms with Gasteiger partial charge in [-0.15, -0.1) is 0 Å². The molecule has 0 saturated carbocycles. The molecule has 12 heteroatoms. The van der Waals surface area contributed by atoms with E-state index in [-0.39, 0.29) is 42.8 Å². The fourth-order valence-corrected chi connectivity index (χ4v) is 9.06. The molecule has 1 aliphatic rings. The average molecular weight is 746 g/mol. The molecule has 1 fully saturated rings. The Kier molecular flexibility index (Phi) is 11.3. The van der Waals surface area contributed by atoms with Crippen LogP contribution in [0.25, 0.3) is 11.0 Å². The number of benzene rings is 3. The van der Waals surface area contributed by atoms with Crippen molar-refractivity contribution in [3.63, 3.8) is 0 Å². The molecule has 0 spiro atoms. The second kappa shape index (κ2) is 15.9. The quantitative estimate of drug-likeness (QED) is 0.110. The molecule has 0 radical (unpaired) electrons. The number of aryl methyl sites for hydroxylation is 2. The number of hydrogen-bond donors (Lipinski definition) is 0. The Morgan fingerprint density at radius 3 is 2.38 bits per heavy atom. The fraction of sp³-hybridized carbons (Fsp3) is 0.350. The van der Waals surface area contributed by atoms with Crippen molar-refractivity contribution >= 4 is 55.8 Å². The van der Waals surface area contributed by atoms with E-state index in [9.17, 15) is 9.59 Å². The van der Waals surface area contributed by atoms with Gasteiger partial charge in [0.15, 0.2) is 0 Å². The molecule has 52 heavy (non-hydrogen) atoms. The van der Waals surface area contributed by atoms with Crippen LogP contribution < -0.4 is 9.21 Å². The molecule has 0 aliphatic carbocycles. The lowest BCUT2D eigenvalue weighted by atomic mass is 10.0. The average Bonchev–Trinajstić information content (AvgIpc) is 3.79. The van der Waals surface area contributed by atoms with E-state index in [0.717, 1.165) is 38.0 Å². The smallest absolute Gasteiger partial charge is 0.374 e. The van der Waals surface area contributed by atoms with Crippen LogP contribution in [0.2, 0.25) is 5.02 Å². The molecule has 5 aromatic rings. The van der Waals surface area contributed by atoms with Gasteiger partial charge >= 0.3 is 5.97 Å². The van der Waals surface area contributed by atoms with Gasteiger partial charge in [0.25, 0.3) is 15.9 Å². The van der Waals surface area contributed by atoms with Crippen LogP contribution in [0.15, 0.2) is 86.7 Å². The van der Waals surface area contributed by atoms with Gasteiger partial charge < -0.3 is 23.4 Å². The first-order valence-electron chi connectivity index (χ1n) is 17.8. The SMILES string of the molecule is CCOC(=O)c1oc2ccc(S(=O)(=O)N(CC)c3cc(N4CCCCC4)ccc3CN(Cc3ccco3)C(=O)c3ccccc3Cl)c(CC)c2c1C. The number of furan rings is 2. The van der Waals surface area contributed by atoms with Crippen LogP contribution in [-0.2, 0) is 34.3 Å². The third-order valence-corrected chi connectivity index (χ3v) is 11.9. The second-order valence-corrected chi connectivity index (χ2v) is 15.0. The largest absolute Gasteiger partial charge is 0.467 e. The van der Waals surface area contributed by atoms with Crippen LogP contribution in [0.4, 0.5) is 11.4 Å². The first kappa shape index (κ1) is 37.0. The highest BCUT2D eigenvalue weighted by molar-refractivity contribution is 7.93. The summed E-state index contributed by atoms with van der Waals surface area (Å²) in [5.41, 5.74) is 3.86. The van der Waals surface area contributed by atoms with E-state index in [1.165, 1.54) is 4.31 Å². The zero-order valence-corrected chi connectivity index (χ0v) is 31.6. The molecule has 2 aromatic heterocycles. The number of halogens is 1. The third kappa shape index (κ3) is 7.29. The molecular weight excluding hydrogens is 702 g/mol. The summed E-state index contributed by atoms with van der Waals surface area (Å²) in [6, 6.07) is 19.4. The topological polar surface area (TPSA) is 114 Å². The molecule has 10 nitrogen and oxygen atoms in total. The predicted molar refractivity (Wildman–Crippen MR) is 203 cm³/mol. The Morgan fingerprint density at radius 1 is 0.942 bits per heavy atom. The molecule has 1 aliphatic heterocycles. The molecule has 274 valence electrons. The molecule has 3 aromatic carbocycles. The van der Waals surface area contributed by atoms with E-state index in [1.807, 2.05) is 25.1 Å². The fourth-order valence-electron chi connectivity index (χ4n) is 7.04. The molecule has 1 amide bonds. The number of sulfonamides is 1. The number of nitrogens with zero attached hydrogens (tertiary/aromatic N) is 3. The Morgan fingerprint density at radius 2 is 1.71 bits per heavy atom. The summed E-state index contributed by atoms with van der Waals surface area (Å²) in [5, 5.41) is 0.901. The van der Waals surface area contributed by atoms with Gasteiger partial charge in [-0.2, -0.15) is 0 Å². The Hall–Kier alpha value is -4.74. The Bertz CT molecular complexity index is 2170. The molecule has 1 saturated heterocycles. The third-order valence-electron chi connectivity index (χ3n) is 9.57. The van der Waals surface area contributed by atoms with E-state index in [4.69, 9.17) is 25.2 Å². The molecule has 0 unspecified atom stereocenters. The number of fused-ring (bicyclic) bond motifs is 1. The normalized spacial score (nSPS) is 13.4. The number of rotatable bonds is 13. The summed E-state index contributed by atoms with van der Waals surface area (Å²) < 4.78 is 48.2. The molecular formula is C40H44ClN3O7S. The molecule has 0 N–H and O–H groups in total.